The summed E-state index contributed by atoms with van der Waals surface area (Å²) in [6, 6.07) is 89.1. The van der Waals surface area contributed by atoms with Gasteiger partial charge in [0.25, 0.3) is 0 Å². The van der Waals surface area contributed by atoms with Crippen LogP contribution < -0.4 is 25.6 Å². The molecule has 0 aliphatic heterocycles. The fourth-order valence-corrected chi connectivity index (χ4v) is 15.4. The van der Waals surface area contributed by atoms with Gasteiger partial charge in [-0.05, 0) is 86.5 Å². The second kappa shape index (κ2) is 14.5. The molecule has 0 N–H and O–H groups in total. The van der Waals surface area contributed by atoms with Gasteiger partial charge in [0.1, 0.15) is 11.2 Å². The first-order chi connectivity index (χ1) is 31.7. The predicted molar refractivity (Wildman–Crippen MR) is 272 cm³/mol. The molecular formula is C60H40N2OSi. The maximum absolute atomic E-state index is 6.50. The molecule has 0 saturated carbocycles. The molecule has 0 bridgehead atoms. The van der Waals surface area contributed by atoms with E-state index in [2.05, 4.69) is 240 Å². The van der Waals surface area contributed by atoms with Crippen LogP contribution in [-0.2, 0) is 0 Å². The van der Waals surface area contributed by atoms with Gasteiger partial charge in [-0.3, -0.25) is 0 Å². The summed E-state index contributed by atoms with van der Waals surface area (Å²) in [6.45, 7) is 0. The molecule has 3 heterocycles. The summed E-state index contributed by atoms with van der Waals surface area (Å²) in [5.41, 5.74) is 11.0. The maximum atomic E-state index is 6.50. The number of aromatic nitrogens is 1. The summed E-state index contributed by atoms with van der Waals surface area (Å²) in [4.78, 5) is 2.39. The fraction of sp³-hybridized carbons (Fsp3) is 0. The summed E-state index contributed by atoms with van der Waals surface area (Å²) < 4.78 is 8.94. The van der Waals surface area contributed by atoms with E-state index in [0.717, 1.165) is 39.0 Å². The van der Waals surface area contributed by atoms with Crippen molar-refractivity contribution in [3.63, 3.8) is 0 Å². The van der Waals surface area contributed by atoms with Crippen LogP contribution in [0.4, 0.5) is 17.1 Å². The lowest BCUT2D eigenvalue weighted by atomic mass is 10.0. The molecule has 0 spiro atoms. The Hall–Kier alpha value is -8.18. The Balaban J connectivity index is 0.961. The number of anilines is 3. The Morgan fingerprint density at radius 2 is 0.750 bits per heavy atom. The minimum absolute atomic E-state index is 0.870. The standard InChI is InChI=1S/C60H40N2OSi/c1-4-16-46(17-5-1)64(47-18-6-2-7-19-47,48-20-8-3-9-21-48)49-35-30-42(31-36-49)41-28-32-43(33-29-41)61(44-34-37-53-52-24-12-15-27-58(52)63-59(53)40-44)45-38-54-50-22-10-13-25-56(50)62-57-26-14-11-23-51(57)55(39-45)60(54)62/h1-40H. The van der Waals surface area contributed by atoms with Crippen LogP contribution >= 0.6 is 0 Å². The highest BCUT2D eigenvalue weighted by Crippen LogP contribution is 2.45. The predicted octanol–water partition coefficient (Wildman–Crippen LogP) is 13.3. The van der Waals surface area contributed by atoms with Crippen LogP contribution in [0.1, 0.15) is 0 Å². The largest absolute Gasteiger partial charge is 0.456 e. The van der Waals surface area contributed by atoms with Crippen molar-refractivity contribution in [3.05, 3.63) is 243 Å². The van der Waals surface area contributed by atoms with Crippen molar-refractivity contribution in [1.82, 2.24) is 4.40 Å². The van der Waals surface area contributed by atoms with Gasteiger partial charge in [-0.15, -0.1) is 0 Å². The van der Waals surface area contributed by atoms with Crippen molar-refractivity contribution in [2.24, 2.45) is 0 Å². The molecule has 0 atom stereocenters. The van der Waals surface area contributed by atoms with E-state index in [1.807, 2.05) is 12.1 Å². The topological polar surface area (TPSA) is 20.8 Å². The first-order valence-corrected chi connectivity index (χ1v) is 24.0. The molecule has 0 saturated heterocycles. The van der Waals surface area contributed by atoms with Crippen LogP contribution in [-0.4, -0.2) is 12.5 Å². The van der Waals surface area contributed by atoms with Crippen molar-refractivity contribution in [1.29, 1.82) is 0 Å². The molecule has 64 heavy (non-hydrogen) atoms. The van der Waals surface area contributed by atoms with E-state index in [9.17, 15) is 0 Å². The normalized spacial score (nSPS) is 12.1. The van der Waals surface area contributed by atoms with Crippen molar-refractivity contribution >= 4 is 106 Å². The molecule has 4 heteroatoms. The van der Waals surface area contributed by atoms with Crippen LogP contribution in [0.15, 0.2) is 247 Å². The minimum Gasteiger partial charge on any atom is -0.456 e. The van der Waals surface area contributed by atoms with Crippen molar-refractivity contribution < 1.29 is 4.42 Å². The van der Waals surface area contributed by atoms with Gasteiger partial charge >= 0.3 is 0 Å². The second-order valence-corrected chi connectivity index (χ2v) is 20.7. The van der Waals surface area contributed by atoms with Crippen molar-refractivity contribution in [2.45, 2.75) is 0 Å². The fourth-order valence-electron chi connectivity index (χ4n) is 10.6. The highest BCUT2D eigenvalue weighted by Gasteiger charge is 2.41. The number of rotatable bonds is 8. The lowest BCUT2D eigenvalue weighted by Crippen LogP contribution is -2.74. The molecule has 0 aliphatic carbocycles. The SMILES string of the molecule is c1ccc([Si](c2ccccc2)(c2ccccc2)c2ccc(-c3ccc(N(c4ccc5c(c4)oc4ccccc45)c4cc5c6ccccc6n6c7ccccc7c(c4)c56)cc3)cc2)cc1. The second-order valence-electron chi connectivity index (χ2n) is 16.8. The maximum Gasteiger partial charge on any atom is 0.179 e. The number of furan rings is 1. The van der Waals surface area contributed by atoms with E-state index in [1.54, 1.807) is 0 Å². The van der Waals surface area contributed by atoms with E-state index >= 15 is 0 Å². The first kappa shape index (κ1) is 36.5. The van der Waals surface area contributed by atoms with E-state index in [-0.39, 0.29) is 0 Å². The van der Waals surface area contributed by atoms with Gasteiger partial charge in [0.15, 0.2) is 8.07 Å². The third-order valence-electron chi connectivity index (χ3n) is 13.5. The molecule has 0 aliphatic rings. The van der Waals surface area contributed by atoms with Crippen LogP contribution in [0.2, 0.25) is 0 Å². The van der Waals surface area contributed by atoms with Crippen LogP contribution in [0.25, 0.3) is 71.2 Å². The van der Waals surface area contributed by atoms with E-state index in [4.69, 9.17) is 4.42 Å². The Morgan fingerprint density at radius 1 is 0.312 bits per heavy atom. The highest BCUT2D eigenvalue weighted by molar-refractivity contribution is 7.19. The zero-order valence-electron chi connectivity index (χ0n) is 34.9. The van der Waals surface area contributed by atoms with Crippen LogP contribution in [0.3, 0.4) is 0 Å². The zero-order chi connectivity index (χ0) is 42.2. The number of fused-ring (bicyclic) bond motifs is 9. The van der Waals surface area contributed by atoms with E-state index in [0.29, 0.717) is 0 Å². The number of hydrogen-bond donors (Lipinski definition) is 0. The number of nitrogens with zero attached hydrogens (tertiary/aromatic N) is 2. The molecule has 300 valence electrons. The average molecular weight is 833 g/mol. The lowest BCUT2D eigenvalue weighted by Gasteiger charge is -2.34. The third kappa shape index (κ3) is 5.46. The molecule has 10 aromatic carbocycles. The smallest absolute Gasteiger partial charge is 0.179 e. The average Bonchev–Trinajstić information content (AvgIpc) is 4.03. The molecule has 3 aromatic heterocycles. The van der Waals surface area contributed by atoms with Gasteiger partial charge in [-0.25, -0.2) is 0 Å². The molecule has 3 nitrogen and oxygen atoms in total. The summed E-state index contributed by atoms with van der Waals surface area (Å²) in [5, 5.41) is 12.7. The minimum atomic E-state index is -2.63. The lowest BCUT2D eigenvalue weighted by molar-refractivity contribution is 0.669. The Labute approximate surface area is 371 Å². The van der Waals surface area contributed by atoms with Crippen LogP contribution in [0, 0.1) is 0 Å². The number of hydrogen-bond acceptors (Lipinski definition) is 2. The van der Waals surface area contributed by atoms with Gasteiger partial charge in [0.2, 0.25) is 0 Å². The number of para-hydroxylation sites is 3. The summed E-state index contributed by atoms with van der Waals surface area (Å²) >= 11 is 0. The van der Waals surface area contributed by atoms with Crippen molar-refractivity contribution in [3.8, 4) is 11.1 Å². The molecule has 0 amide bonds. The summed E-state index contributed by atoms with van der Waals surface area (Å²) in [5.74, 6) is 0. The van der Waals surface area contributed by atoms with Gasteiger partial charge in [-0.2, -0.15) is 0 Å². The van der Waals surface area contributed by atoms with Gasteiger partial charge in [-0.1, -0.05) is 182 Å². The number of benzene rings is 10. The molecule has 0 unspecified atom stereocenters. The van der Waals surface area contributed by atoms with Gasteiger partial charge in [0.05, 0.1) is 16.6 Å². The molecule has 13 rings (SSSR count). The molecule has 0 radical (unpaired) electrons. The monoisotopic (exact) mass is 832 g/mol. The van der Waals surface area contributed by atoms with Crippen LogP contribution in [0.5, 0.6) is 0 Å². The third-order valence-corrected chi connectivity index (χ3v) is 18.3. The molecule has 0 fully saturated rings. The van der Waals surface area contributed by atoms with E-state index < -0.39 is 8.07 Å². The highest BCUT2D eigenvalue weighted by atomic mass is 28.3. The molecule has 13 aromatic rings. The first-order valence-electron chi connectivity index (χ1n) is 22.0. The Morgan fingerprint density at radius 3 is 1.31 bits per heavy atom. The van der Waals surface area contributed by atoms with Crippen molar-refractivity contribution in [2.75, 3.05) is 4.90 Å². The van der Waals surface area contributed by atoms with E-state index in [1.165, 1.54) is 70.0 Å². The molecular weight excluding hydrogens is 793 g/mol. The van der Waals surface area contributed by atoms with Gasteiger partial charge < -0.3 is 13.7 Å². The van der Waals surface area contributed by atoms with Gasteiger partial charge in [0, 0.05) is 55.4 Å². The summed E-state index contributed by atoms with van der Waals surface area (Å²) in [7, 11) is -2.63. The Bertz CT molecular complexity index is 3640. The zero-order valence-corrected chi connectivity index (χ0v) is 35.9. The Kier molecular flexibility index (Phi) is 8.23. The summed E-state index contributed by atoms with van der Waals surface area (Å²) in [6.07, 6.45) is 0. The quantitative estimate of drug-likeness (QED) is 0.112.